The monoisotopic (exact) mass is 211 g/mol. The summed E-state index contributed by atoms with van der Waals surface area (Å²) in [6.45, 7) is 14.5. The van der Waals surface area contributed by atoms with Crippen LogP contribution in [0.5, 0.6) is 0 Å². The van der Waals surface area contributed by atoms with Crippen molar-refractivity contribution >= 4 is 0 Å². The van der Waals surface area contributed by atoms with Gasteiger partial charge in [0.15, 0.2) is 0 Å². The fourth-order valence-electron chi connectivity index (χ4n) is 1.45. The lowest BCUT2D eigenvalue weighted by Crippen LogP contribution is -3.06. The molecule has 0 spiro atoms. The Hall–Kier alpha value is -0.600. The summed E-state index contributed by atoms with van der Waals surface area (Å²) in [7, 11) is 0. The number of nitrogens with one attached hydrogen (secondary N) is 1. The number of allylic oxidation sites excluding steroid dienone is 2. The van der Waals surface area contributed by atoms with Crippen LogP contribution < -0.4 is 4.90 Å². The molecule has 0 saturated heterocycles. The molecule has 0 aliphatic rings. The zero-order valence-electron chi connectivity index (χ0n) is 10.8. The lowest BCUT2D eigenvalue weighted by Gasteiger charge is -2.14. The molecule has 15 heavy (non-hydrogen) atoms. The van der Waals surface area contributed by atoms with Gasteiger partial charge in [-0.2, -0.15) is 0 Å². The summed E-state index contributed by atoms with van der Waals surface area (Å²) in [6.07, 6.45) is 8.78. The van der Waals surface area contributed by atoms with Crippen molar-refractivity contribution in [2.75, 3.05) is 32.7 Å². The van der Waals surface area contributed by atoms with Crippen LogP contribution in [0.1, 0.15) is 27.7 Å². The molecule has 0 rings (SSSR count). The largest absolute Gasteiger partial charge is 0.309 e. The van der Waals surface area contributed by atoms with Crippen molar-refractivity contribution in [2.45, 2.75) is 27.7 Å². The van der Waals surface area contributed by atoms with Crippen LogP contribution in [0.4, 0.5) is 0 Å². The molecule has 1 N–H and O–H groups in total. The highest BCUT2D eigenvalue weighted by atomic mass is 15.1. The van der Waals surface area contributed by atoms with Gasteiger partial charge in [-0.3, -0.25) is 0 Å². The van der Waals surface area contributed by atoms with Crippen LogP contribution >= 0.6 is 0 Å². The van der Waals surface area contributed by atoms with E-state index in [1.165, 1.54) is 4.90 Å². The Bertz CT molecular complexity index is 177. The molecule has 0 saturated carbocycles. The Balaban J connectivity index is 3.77. The van der Waals surface area contributed by atoms with E-state index in [1.807, 2.05) is 0 Å². The van der Waals surface area contributed by atoms with Crippen molar-refractivity contribution in [3.63, 3.8) is 0 Å². The summed E-state index contributed by atoms with van der Waals surface area (Å²) in [5.41, 5.74) is 0. The highest BCUT2D eigenvalue weighted by Gasteiger charge is 1.94. The first-order chi connectivity index (χ1) is 7.28. The molecule has 0 aliphatic heterocycles. The van der Waals surface area contributed by atoms with Gasteiger partial charge in [0.05, 0.1) is 19.3 Å². The minimum atomic E-state index is 1.06. The first kappa shape index (κ1) is 14.4. The van der Waals surface area contributed by atoms with E-state index in [-0.39, 0.29) is 0 Å². The molecule has 88 valence electrons. The standard InChI is InChI=1S/C13H26N2/c1-5-14(6-2)12-10-9-11-13-15(7-3)8-4/h9-12H,5-8,13H2,1-4H3/p+1/b11-9+,12-10+. The molecule has 0 bridgehead atoms. The number of hydrogen-bond acceptors (Lipinski definition) is 1. The van der Waals surface area contributed by atoms with Crippen LogP contribution in [0.15, 0.2) is 24.4 Å². The molecule has 0 aromatic rings. The lowest BCUT2D eigenvalue weighted by molar-refractivity contribution is -0.842. The maximum Gasteiger partial charge on any atom is 0.0941 e. The molecule has 0 aliphatic carbocycles. The van der Waals surface area contributed by atoms with Crippen molar-refractivity contribution in [3.8, 4) is 0 Å². The fraction of sp³-hybridized carbons (Fsp3) is 0.692. The first-order valence-corrected chi connectivity index (χ1v) is 6.18. The zero-order chi connectivity index (χ0) is 11.5. The molecule has 0 amide bonds. The highest BCUT2D eigenvalue weighted by Crippen LogP contribution is 1.87. The number of nitrogens with zero attached hydrogens (tertiary/aromatic N) is 1. The normalized spacial score (nSPS) is 12.7. The molecule has 0 aromatic carbocycles. The average molecular weight is 211 g/mol. The molecule has 0 radical (unpaired) electrons. The van der Waals surface area contributed by atoms with Crippen LogP contribution in [0.3, 0.4) is 0 Å². The number of likely N-dealkylation sites (N-methyl/N-ethyl adjacent to an activating group) is 1. The Labute approximate surface area is 95.3 Å². The van der Waals surface area contributed by atoms with Gasteiger partial charge in [-0.15, -0.1) is 0 Å². The quantitative estimate of drug-likeness (QED) is 0.595. The molecule has 0 atom stereocenters. The molecule has 0 heterocycles. The van der Waals surface area contributed by atoms with Gasteiger partial charge in [0, 0.05) is 6.54 Å². The second kappa shape index (κ2) is 9.94. The van der Waals surface area contributed by atoms with E-state index >= 15 is 0 Å². The summed E-state index contributed by atoms with van der Waals surface area (Å²) in [6, 6.07) is 0. The van der Waals surface area contributed by atoms with Gasteiger partial charge in [0.1, 0.15) is 0 Å². The van der Waals surface area contributed by atoms with Crippen LogP contribution in [-0.2, 0) is 0 Å². The van der Waals surface area contributed by atoms with E-state index in [0.29, 0.717) is 0 Å². The van der Waals surface area contributed by atoms with E-state index < -0.39 is 0 Å². The topological polar surface area (TPSA) is 7.68 Å². The van der Waals surface area contributed by atoms with Gasteiger partial charge in [-0.25, -0.2) is 0 Å². The van der Waals surface area contributed by atoms with Crippen molar-refractivity contribution in [2.24, 2.45) is 0 Å². The molecular weight excluding hydrogens is 184 g/mol. The van der Waals surface area contributed by atoms with Gasteiger partial charge in [0.2, 0.25) is 0 Å². The average Bonchev–Trinajstić information content (AvgIpc) is 2.29. The summed E-state index contributed by atoms with van der Waals surface area (Å²) >= 11 is 0. The van der Waals surface area contributed by atoms with Gasteiger partial charge in [-0.1, -0.05) is 26.0 Å². The summed E-state index contributed by atoms with van der Waals surface area (Å²) in [5, 5.41) is 0. The van der Waals surface area contributed by atoms with Gasteiger partial charge in [0.25, 0.3) is 0 Å². The van der Waals surface area contributed by atoms with Crippen molar-refractivity contribution < 1.29 is 4.90 Å². The molecule has 0 aromatic heterocycles. The van der Waals surface area contributed by atoms with Gasteiger partial charge < -0.3 is 9.80 Å². The van der Waals surface area contributed by atoms with E-state index in [0.717, 1.165) is 32.7 Å². The van der Waals surface area contributed by atoms with Gasteiger partial charge in [-0.05, 0) is 33.0 Å². The van der Waals surface area contributed by atoms with Crippen molar-refractivity contribution in [1.29, 1.82) is 0 Å². The number of hydrogen-bond donors (Lipinski definition) is 1. The third-order valence-corrected chi connectivity index (χ3v) is 2.75. The molecule has 2 heteroatoms. The smallest absolute Gasteiger partial charge is 0.0941 e. The third-order valence-electron chi connectivity index (χ3n) is 2.75. The highest BCUT2D eigenvalue weighted by molar-refractivity contribution is 5.00. The Morgan fingerprint density at radius 3 is 2.00 bits per heavy atom. The van der Waals surface area contributed by atoms with Crippen LogP contribution in [0, 0.1) is 0 Å². The summed E-state index contributed by atoms with van der Waals surface area (Å²) in [4.78, 5) is 3.91. The third kappa shape index (κ3) is 7.34. The Kier molecular flexibility index (Phi) is 9.54. The fourth-order valence-corrected chi connectivity index (χ4v) is 1.45. The number of quaternary nitrogens is 1. The van der Waals surface area contributed by atoms with Crippen LogP contribution in [0.25, 0.3) is 0 Å². The minimum absolute atomic E-state index is 1.06. The van der Waals surface area contributed by atoms with Gasteiger partial charge >= 0.3 is 0 Å². The summed E-state index contributed by atoms with van der Waals surface area (Å²) < 4.78 is 0. The van der Waals surface area contributed by atoms with E-state index in [4.69, 9.17) is 0 Å². The summed E-state index contributed by atoms with van der Waals surface area (Å²) in [5.74, 6) is 0. The first-order valence-electron chi connectivity index (χ1n) is 6.18. The minimum Gasteiger partial charge on any atom is -0.309 e. The number of rotatable bonds is 8. The molecule has 2 nitrogen and oxygen atoms in total. The van der Waals surface area contributed by atoms with E-state index in [1.54, 1.807) is 0 Å². The SMILES string of the molecule is CCN(CC)C/C=C/C=C/[NH+](CC)CC. The van der Waals surface area contributed by atoms with Crippen molar-refractivity contribution in [1.82, 2.24) is 4.90 Å². The van der Waals surface area contributed by atoms with E-state index in [2.05, 4.69) is 57.0 Å². The predicted octanol–water partition coefficient (Wildman–Crippen LogP) is 1.32. The maximum absolute atomic E-state index is 2.40. The molecule has 0 fully saturated rings. The van der Waals surface area contributed by atoms with E-state index in [9.17, 15) is 0 Å². The second-order valence-electron chi connectivity index (χ2n) is 3.64. The predicted molar refractivity (Wildman–Crippen MR) is 68.1 cm³/mol. The Morgan fingerprint density at radius 2 is 1.53 bits per heavy atom. The Morgan fingerprint density at radius 1 is 0.933 bits per heavy atom. The maximum atomic E-state index is 2.40. The lowest BCUT2D eigenvalue weighted by atomic mass is 10.4. The van der Waals surface area contributed by atoms with Crippen molar-refractivity contribution in [3.05, 3.63) is 24.4 Å². The molecule has 0 unspecified atom stereocenters. The zero-order valence-corrected chi connectivity index (χ0v) is 10.8. The van der Waals surface area contributed by atoms with Crippen LogP contribution in [-0.4, -0.2) is 37.6 Å². The van der Waals surface area contributed by atoms with Crippen LogP contribution in [0.2, 0.25) is 0 Å². The molecular formula is C13H27N2+. The second-order valence-corrected chi connectivity index (χ2v) is 3.64.